The van der Waals surface area contributed by atoms with Crippen molar-refractivity contribution in [2.24, 2.45) is 0 Å². The molecule has 0 bridgehead atoms. The van der Waals surface area contributed by atoms with Crippen LogP contribution in [0.15, 0.2) is 48.8 Å². The highest BCUT2D eigenvalue weighted by molar-refractivity contribution is 5.91. The number of benzene rings is 1. The number of aromatic nitrogens is 1. The predicted molar refractivity (Wildman–Crippen MR) is 70.2 cm³/mol. The highest BCUT2D eigenvalue weighted by Crippen LogP contribution is 2.20. The van der Waals surface area contributed by atoms with Crippen LogP contribution >= 0.6 is 0 Å². The predicted octanol–water partition coefficient (Wildman–Crippen LogP) is 3.31. The Morgan fingerprint density at radius 1 is 1.11 bits per heavy atom. The summed E-state index contributed by atoms with van der Waals surface area (Å²) in [6.45, 7) is 3.68. The van der Waals surface area contributed by atoms with Crippen LogP contribution in [-0.4, -0.2) is 17.1 Å². The summed E-state index contributed by atoms with van der Waals surface area (Å²) < 4.78 is 5.18. The SMILES string of the molecule is CC(C)OC(=O)c1cccc(-c2ccncc2)c1. The fourth-order valence-corrected chi connectivity index (χ4v) is 1.65. The summed E-state index contributed by atoms with van der Waals surface area (Å²) in [7, 11) is 0. The van der Waals surface area contributed by atoms with Crippen LogP contribution in [0.2, 0.25) is 0 Å². The van der Waals surface area contributed by atoms with E-state index >= 15 is 0 Å². The first-order valence-corrected chi connectivity index (χ1v) is 5.88. The monoisotopic (exact) mass is 241 g/mol. The van der Waals surface area contributed by atoms with Gasteiger partial charge in [0.2, 0.25) is 0 Å². The van der Waals surface area contributed by atoms with Gasteiger partial charge in [0.15, 0.2) is 0 Å². The Kier molecular flexibility index (Phi) is 3.72. The average molecular weight is 241 g/mol. The smallest absolute Gasteiger partial charge is 0.338 e. The highest BCUT2D eigenvalue weighted by atomic mass is 16.5. The number of hydrogen-bond acceptors (Lipinski definition) is 3. The Balaban J connectivity index is 2.28. The molecule has 0 fully saturated rings. The van der Waals surface area contributed by atoms with Gasteiger partial charge in [-0.2, -0.15) is 0 Å². The molecule has 3 heteroatoms. The Labute approximate surface area is 106 Å². The summed E-state index contributed by atoms with van der Waals surface area (Å²) in [6.07, 6.45) is 3.35. The molecule has 0 saturated carbocycles. The van der Waals surface area contributed by atoms with Gasteiger partial charge in [0.1, 0.15) is 0 Å². The van der Waals surface area contributed by atoms with Crippen LogP contribution in [0.4, 0.5) is 0 Å². The molecule has 1 aromatic heterocycles. The Morgan fingerprint density at radius 2 is 1.83 bits per heavy atom. The zero-order chi connectivity index (χ0) is 13.0. The normalized spacial score (nSPS) is 10.4. The van der Waals surface area contributed by atoms with E-state index in [1.807, 2.05) is 44.2 Å². The molecule has 0 atom stereocenters. The molecule has 0 spiro atoms. The van der Waals surface area contributed by atoms with Gasteiger partial charge in [0.05, 0.1) is 11.7 Å². The minimum atomic E-state index is -0.291. The molecule has 3 nitrogen and oxygen atoms in total. The van der Waals surface area contributed by atoms with E-state index in [2.05, 4.69) is 4.98 Å². The van der Waals surface area contributed by atoms with E-state index in [0.29, 0.717) is 5.56 Å². The maximum atomic E-state index is 11.8. The minimum absolute atomic E-state index is 0.109. The lowest BCUT2D eigenvalue weighted by Gasteiger charge is -2.09. The molecular weight excluding hydrogens is 226 g/mol. The van der Waals surface area contributed by atoms with E-state index in [9.17, 15) is 4.79 Å². The van der Waals surface area contributed by atoms with Crippen molar-refractivity contribution in [3.63, 3.8) is 0 Å². The van der Waals surface area contributed by atoms with E-state index < -0.39 is 0 Å². The Bertz CT molecular complexity index is 535. The van der Waals surface area contributed by atoms with Gasteiger partial charge in [0, 0.05) is 12.4 Å². The summed E-state index contributed by atoms with van der Waals surface area (Å²) in [6, 6.07) is 11.2. The molecular formula is C15H15NO2. The number of ether oxygens (including phenoxy) is 1. The number of rotatable bonds is 3. The van der Waals surface area contributed by atoms with Gasteiger partial charge in [-0.1, -0.05) is 12.1 Å². The van der Waals surface area contributed by atoms with E-state index in [0.717, 1.165) is 11.1 Å². The molecule has 2 aromatic rings. The minimum Gasteiger partial charge on any atom is -0.459 e. The van der Waals surface area contributed by atoms with Crippen molar-refractivity contribution >= 4 is 5.97 Å². The van der Waals surface area contributed by atoms with Crippen LogP contribution in [0, 0.1) is 0 Å². The number of carbonyl (C=O) groups excluding carboxylic acids is 1. The molecule has 0 aliphatic heterocycles. The quantitative estimate of drug-likeness (QED) is 0.774. The first-order chi connectivity index (χ1) is 8.66. The fraction of sp³-hybridized carbons (Fsp3) is 0.200. The topological polar surface area (TPSA) is 39.2 Å². The lowest BCUT2D eigenvalue weighted by molar-refractivity contribution is 0.0378. The van der Waals surface area contributed by atoms with Crippen molar-refractivity contribution in [1.29, 1.82) is 0 Å². The maximum absolute atomic E-state index is 11.8. The van der Waals surface area contributed by atoms with Gasteiger partial charge >= 0.3 is 5.97 Å². The van der Waals surface area contributed by atoms with Gasteiger partial charge < -0.3 is 4.74 Å². The number of pyridine rings is 1. The first kappa shape index (κ1) is 12.3. The molecule has 0 saturated heterocycles. The third-order valence-corrected chi connectivity index (χ3v) is 2.45. The molecule has 1 heterocycles. The zero-order valence-corrected chi connectivity index (χ0v) is 10.5. The molecule has 0 radical (unpaired) electrons. The number of nitrogens with zero attached hydrogens (tertiary/aromatic N) is 1. The molecule has 2 rings (SSSR count). The summed E-state index contributed by atoms with van der Waals surface area (Å²) >= 11 is 0. The molecule has 0 aliphatic carbocycles. The highest BCUT2D eigenvalue weighted by Gasteiger charge is 2.09. The van der Waals surface area contributed by atoms with Crippen LogP contribution in [-0.2, 0) is 4.74 Å². The van der Waals surface area contributed by atoms with Gasteiger partial charge in [0.25, 0.3) is 0 Å². The molecule has 92 valence electrons. The van der Waals surface area contributed by atoms with Crippen LogP contribution in [0.5, 0.6) is 0 Å². The van der Waals surface area contributed by atoms with Crippen LogP contribution in [0.1, 0.15) is 24.2 Å². The maximum Gasteiger partial charge on any atom is 0.338 e. The van der Waals surface area contributed by atoms with E-state index in [-0.39, 0.29) is 12.1 Å². The Morgan fingerprint density at radius 3 is 2.50 bits per heavy atom. The van der Waals surface area contributed by atoms with Crippen LogP contribution < -0.4 is 0 Å². The van der Waals surface area contributed by atoms with Crippen molar-refractivity contribution in [2.45, 2.75) is 20.0 Å². The molecule has 0 aliphatic rings. The van der Waals surface area contributed by atoms with Crippen molar-refractivity contribution in [1.82, 2.24) is 4.98 Å². The van der Waals surface area contributed by atoms with Crippen LogP contribution in [0.25, 0.3) is 11.1 Å². The third-order valence-electron chi connectivity index (χ3n) is 2.45. The third kappa shape index (κ3) is 2.94. The summed E-state index contributed by atoms with van der Waals surface area (Å²) in [5.41, 5.74) is 2.58. The fourth-order valence-electron chi connectivity index (χ4n) is 1.65. The van der Waals surface area contributed by atoms with Crippen molar-refractivity contribution in [3.8, 4) is 11.1 Å². The lowest BCUT2D eigenvalue weighted by atomic mass is 10.0. The van der Waals surface area contributed by atoms with Gasteiger partial charge in [-0.05, 0) is 49.2 Å². The second-order valence-corrected chi connectivity index (χ2v) is 4.27. The van der Waals surface area contributed by atoms with Crippen molar-refractivity contribution in [3.05, 3.63) is 54.4 Å². The number of hydrogen-bond donors (Lipinski definition) is 0. The first-order valence-electron chi connectivity index (χ1n) is 5.88. The van der Waals surface area contributed by atoms with Crippen molar-refractivity contribution < 1.29 is 9.53 Å². The van der Waals surface area contributed by atoms with E-state index in [1.54, 1.807) is 18.5 Å². The zero-order valence-electron chi connectivity index (χ0n) is 10.5. The summed E-state index contributed by atoms with van der Waals surface area (Å²) in [5, 5.41) is 0. The number of carbonyl (C=O) groups is 1. The lowest BCUT2D eigenvalue weighted by Crippen LogP contribution is -2.11. The van der Waals surface area contributed by atoms with Gasteiger partial charge in [-0.3, -0.25) is 4.98 Å². The summed E-state index contributed by atoms with van der Waals surface area (Å²) in [4.78, 5) is 15.8. The molecule has 1 aromatic carbocycles. The van der Waals surface area contributed by atoms with E-state index in [1.165, 1.54) is 0 Å². The van der Waals surface area contributed by atoms with Crippen LogP contribution in [0.3, 0.4) is 0 Å². The molecule has 0 N–H and O–H groups in total. The van der Waals surface area contributed by atoms with E-state index in [4.69, 9.17) is 4.74 Å². The van der Waals surface area contributed by atoms with Gasteiger partial charge in [-0.25, -0.2) is 4.79 Å². The second kappa shape index (κ2) is 5.45. The molecule has 0 unspecified atom stereocenters. The molecule has 0 amide bonds. The number of esters is 1. The Hall–Kier alpha value is -2.16. The van der Waals surface area contributed by atoms with Crippen molar-refractivity contribution in [2.75, 3.05) is 0 Å². The molecule has 18 heavy (non-hydrogen) atoms. The average Bonchev–Trinajstić information content (AvgIpc) is 2.39. The summed E-state index contributed by atoms with van der Waals surface area (Å²) in [5.74, 6) is -0.291. The second-order valence-electron chi connectivity index (χ2n) is 4.27. The van der Waals surface area contributed by atoms with Gasteiger partial charge in [-0.15, -0.1) is 0 Å². The largest absolute Gasteiger partial charge is 0.459 e. The standard InChI is InChI=1S/C15H15NO2/c1-11(2)18-15(17)14-5-3-4-13(10-14)12-6-8-16-9-7-12/h3-11H,1-2H3.